The molecule has 53 heavy (non-hydrogen) atoms. The molecule has 0 aliphatic carbocycles. The van der Waals surface area contributed by atoms with Crippen molar-refractivity contribution in [3.63, 3.8) is 0 Å². The standard InChI is InChI=1S/C35H55NO16S/c1-32-2-8-35(9-3-32)53(39,40)52-31-29-50-27-25-48-23-21-46-19-17-44-15-13-42-11-10-41-12-14-43-16-18-45-20-22-47-24-26-49-28-30-51-34-6-4-33(5-7-34)36(37)38/h2-9H,10-31H2,1H3. The number of benzene rings is 2. The van der Waals surface area contributed by atoms with Crippen LogP contribution < -0.4 is 4.74 Å². The largest absolute Gasteiger partial charge is 0.491 e. The van der Waals surface area contributed by atoms with Gasteiger partial charge in [-0.05, 0) is 31.2 Å². The number of nitro benzene ring substituents is 1. The van der Waals surface area contributed by atoms with Gasteiger partial charge in [0.15, 0.2) is 0 Å². The Bertz CT molecular complexity index is 1270. The molecular formula is C35H55NO16S. The molecule has 302 valence electrons. The molecule has 0 heterocycles. The van der Waals surface area contributed by atoms with Crippen LogP contribution in [0.3, 0.4) is 0 Å². The highest BCUT2D eigenvalue weighted by Crippen LogP contribution is 2.17. The van der Waals surface area contributed by atoms with Gasteiger partial charge in [0.25, 0.3) is 15.8 Å². The lowest BCUT2D eigenvalue weighted by Crippen LogP contribution is -2.16. The van der Waals surface area contributed by atoms with Gasteiger partial charge in [-0.15, -0.1) is 0 Å². The van der Waals surface area contributed by atoms with Crippen LogP contribution in [0.25, 0.3) is 0 Å². The highest BCUT2D eigenvalue weighted by molar-refractivity contribution is 7.86. The molecule has 0 aliphatic heterocycles. The number of nitro groups is 1. The third kappa shape index (κ3) is 25.7. The second kappa shape index (κ2) is 31.5. The Kier molecular flexibility index (Phi) is 27.5. The molecular weight excluding hydrogens is 722 g/mol. The number of non-ortho nitro benzene ring substituents is 1. The lowest BCUT2D eigenvalue weighted by molar-refractivity contribution is -0.384. The van der Waals surface area contributed by atoms with E-state index in [1.54, 1.807) is 24.3 Å². The molecule has 0 amide bonds. The maximum absolute atomic E-state index is 12.1. The number of hydrogen-bond acceptors (Lipinski definition) is 16. The van der Waals surface area contributed by atoms with Gasteiger partial charge in [-0.25, -0.2) is 0 Å². The lowest BCUT2D eigenvalue weighted by atomic mass is 10.2. The third-order valence-electron chi connectivity index (χ3n) is 6.67. The Balaban J connectivity index is 1.18. The van der Waals surface area contributed by atoms with Crippen LogP contribution in [-0.2, 0) is 61.7 Å². The fraction of sp³-hybridized carbons (Fsp3) is 0.657. The van der Waals surface area contributed by atoms with E-state index in [1.807, 2.05) is 6.92 Å². The highest BCUT2D eigenvalue weighted by atomic mass is 32.2. The van der Waals surface area contributed by atoms with E-state index in [2.05, 4.69) is 0 Å². The van der Waals surface area contributed by atoms with Crippen LogP contribution in [0.1, 0.15) is 5.56 Å². The molecule has 17 nitrogen and oxygen atoms in total. The Labute approximate surface area is 312 Å². The quantitative estimate of drug-likeness (QED) is 0.0421. The molecule has 0 fully saturated rings. The van der Waals surface area contributed by atoms with E-state index in [9.17, 15) is 18.5 Å². The molecule has 0 unspecified atom stereocenters. The summed E-state index contributed by atoms with van der Waals surface area (Å²) in [6.07, 6.45) is 0. The van der Waals surface area contributed by atoms with Crippen LogP contribution in [0.15, 0.2) is 53.4 Å². The molecule has 18 heteroatoms. The first-order valence-electron chi connectivity index (χ1n) is 17.5. The summed E-state index contributed by atoms with van der Waals surface area (Å²) in [4.78, 5) is 10.3. The minimum Gasteiger partial charge on any atom is -0.491 e. The first-order valence-corrected chi connectivity index (χ1v) is 18.9. The van der Waals surface area contributed by atoms with Crippen molar-refractivity contribution in [2.45, 2.75) is 11.8 Å². The molecule has 2 aromatic carbocycles. The topological polar surface area (TPSA) is 188 Å². The van der Waals surface area contributed by atoms with E-state index < -0.39 is 15.0 Å². The number of hydrogen-bond donors (Lipinski definition) is 0. The number of aryl methyl sites for hydroxylation is 1. The molecule has 2 aromatic rings. The van der Waals surface area contributed by atoms with Crippen LogP contribution >= 0.6 is 0 Å². The molecule has 0 radical (unpaired) electrons. The van der Waals surface area contributed by atoms with Crippen LogP contribution in [0.2, 0.25) is 0 Å². The summed E-state index contributed by atoms with van der Waals surface area (Å²) >= 11 is 0. The second-order valence-electron chi connectivity index (χ2n) is 10.8. The molecule has 0 N–H and O–H groups in total. The van der Waals surface area contributed by atoms with Gasteiger partial charge in [0.2, 0.25) is 0 Å². The molecule has 0 aromatic heterocycles. The predicted octanol–water partition coefficient (Wildman–Crippen LogP) is 2.85. The summed E-state index contributed by atoms with van der Waals surface area (Å²) < 4.78 is 89.0. The fourth-order valence-corrected chi connectivity index (χ4v) is 4.83. The third-order valence-corrected chi connectivity index (χ3v) is 7.99. The Morgan fingerprint density at radius 3 is 1.08 bits per heavy atom. The zero-order valence-electron chi connectivity index (χ0n) is 30.6. The van der Waals surface area contributed by atoms with E-state index in [0.29, 0.717) is 138 Å². The summed E-state index contributed by atoms with van der Waals surface area (Å²) in [5.74, 6) is 0.548. The van der Waals surface area contributed by atoms with Crippen molar-refractivity contribution in [2.75, 3.05) is 145 Å². The van der Waals surface area contributed by atoms with Gasteiger partial charge in [-0.2, -0.15) is 8.42 Å². The monoisotopic (exact) mass is 777 g/mol. The van der Waals surface area contributed by atoms with Gasteiger partial charge in [-0.1, -0.05) is 17.7 Å². The van der Waals surface area contributed by atoms with E-state index in [4.69, 9.17) is 56.3 Å². The smallest absolute Gasteiger partial charge is 0.297 e. The van der Waals surface area contributed by atoms with Crippen molar-refractivity contribution >= 4 is 15.8 Å². The van der Waals surface area contributed by atoms with Crippen LogP contribution in [0.4, 0.5) is 5.69 Å². The maximum Gasteiger partial charge on any atom is 0.297 e. The van der Waals surface area contributed by atoms with Crippen molar-refractivity contribution in [1.29, 1.82) is 0 Å². The van der Waals surface area contributed by atoms with Crippen molar-refractivity contribution in [1.82, 2.24) is 0 Å². The molecule has 0 atom stereocenters. The van der Waals surface area contributed by atoms with Crippen molar-refractivity contribution in [2.24, 2.45) is 0 Å². The Hall–Kier alpha value is -2.85. The lowest BCUT2D eigenvalue weighted by Gasteiger charge is -2.09. The minimum atomic E-state index is -3.78. The molecule has 0 saturated heterocycles. The summed E-state index contributed by atoms with van der Waals surface area (Å²) in [6.45, 7) is 10.5. The molecule has 0 saturated carbocycles. The van der Waals surface area contributed by atoms with Gasteiger partial charge >= 0.3 is 0 Å². The van der Waals surface area contributed by atoms with Gasteiger partial charge in [0.05, 0.1) is 149 Å². The van der Waals surface area contributed by atoms with Gasteiger partial charge in [0, 0.05) is 12.1 Å². The summed E-state index contributed by atoms with van der Waals surface area (Å²) in [5, 5.41) is 10.6. The van der Waals surface area contributed by atoms with Crippen LogP contribution in [0, 0.1) is 17.0 Å². The van der Waals surface area contributed by atoms with Gasteiger partial charge in [-0.3, -0.25) is 14.3 Å². The zero-order chi connectivity index (χ0) is 38.1. The Morgan fingerprint density at radius 1 is 0.453 bits per heavy atom. The summed E-state index contributed by atoms with van der Waals surface area (Å²) in [6, 6.07) is 12.3. The highest BCUT2D eigenvalue weighted by Gasteiger charge is 2.14. The molecule has 0 spiro atoms. The predicted molar refractivity (Wildman–Crippen MR) is 191 cm³/mol. The number of rotatable bonds is 37. The molecule has 2 rings (SSSR count). The van der Waals surface area contributed by atoms with E-state index >= 15 is 0 Å². The van der Waals surface area contributed by atoms with Crippen LogP contribution in [-0.4, -0.2) is 159 Å². The maximum atomic E-state index is 12.1. The van der Waals surface area contributed by atoms with Crippen LogP contribution in [0.5, 0.6) is 5.75 Å². The van der Waals surface area contributed by atoms with Gasteiger partial charge < -0.3 is 52.1 Å². The zero-order valence-corrected chi connectivity index (χ0v) is 31.4. The second-order valence-corrected chi connectivity index (χ2v) is 12.4. The van der Waals surface area contributed by atoms with E-state index in [0.717, 1.165) is 5.56 Å². The van der Waals surface area contributed by atoms with Gasteiger partial charge in [0.1, 0.15) is 12.4 Å². The summed E-state index contributed by atoms with van der Waals surface area (Å²) in [5.41, 5.74) is 0.988. The number of nitrogens with zero attached hydrogens (tertiary/aromatic N) is 1. The normalized spacial score (nSPS) is 11.6. The van der Waals surface area contributed by atoms with E-state index in [1.165, 1.54) is 24.3 Å². The average molecular weight is 778 g/mol. The molecule has 0 bridgehead atoms. The first kappa shape index (κ1) is 46.3. The van der Waals surface area contributed by atoms with Crippen molar-refractivity contribution < 1.29 is 69.6 Å². The SMILES string of the molecule is Cc1ccc(S(=O)(=O)OCCOCCOCCOCCOCCOCCOCCOCCOCCOCCOCCOc2ccc([N+](=O)[O-])cc2)cc1. The Morgan fingerprint density at radius 2 is 0.755 bits per heavy atom. The summed E-state index contributed by atoms with van der Waals surface area (Å²) in [7, 11) is -3.78. The molecule has 0 aliphatic rings. The van der Waals surface area contributed by atoms with Crippen molar-refractivity contribution in [3.8, 4) is 5.75 Å². The fourth-order valence-electron chi connectivity index (χ4n) is 3.94. The van der Waals surface area contributed by atoms with Crippen molar-refractivity contribution in [3.05, 3.63) is 64.2 Å². The first-order chi connectivity index (χ1) is 25.9. The number of ether oxygens (including phenoxy) is 11. The average Bonchev–Trinajstić information content (AvgIpc) is 3.15. The van der Waals surface area contributed by atoms with E-state index in [-0.39, 0.29) is 23.8 Å². The minimum absolute atomic E-state index is 0.0189.